The molecule has 0 aliphatic carbocycles. The van der Waals surface area contributed by atoms with E-state index in [1.807, 2.05) is 0 Å². The van der Waals surface area contributed by atoms with Crippen molar-refractivity contribution in [2.24, 2.45) is 0 Å². The molecule has 0 aromatic carbocycles. The van der Waals surface area contributed by atoms with Crippen LogP contribution in [0.2, 0.25) is 0 Å². The molecule has 0 saturated carbocycles. The summed E-state index contributed by atoms with van der Waals surface area (Å²) in [6, 6.07) is 0. The highest BCUT2D eigenvalue weighted by Gasteiger charge is 2.65. The second-order valence-electron chi connectivity index (χ2n) is 5.77. The summed E-state index contributed by atoms with van der Waals surface area (Å²) in [6.45, 7) is 5.21. The lowest BCUT2D eigenvalue weighted by Crippen LogP contribution is -2.50. The first-order chi connectivity index (χ1) is 10.8. The third-order valence-electron chi connectivity index (χ3n) is 3.91. The van der Waals surface area contributed by atoms with Crippen LogP contribution in [0.3, 0.4) is 0 Å². The van der Waals surface area contributed by atoms with Gasteiger partial charge >= 0.3 is 7.60 Å². The predicted molar refractivity (Wildman–Crippen MR) is 78.1 cm³/mol. The highest BCUT2D eigenvalue weighted by Crippen LogP contribution is 2.50. The molecule has 3 rings (SSSR count). The zero-order chi connectivity index (χ0) is 16.8. The predicted octanol–water partition coefficient (Wildman–Crippen LogP) is -0.256. The largest absolute Gasteiger partial charge is 0.381 e. The van der Waals surface area contributed by atoms with Gasteiger partial charge in [-0.1, -0.05) is 6.58 Å². The monoisotopic (exact) mass is 346 g/mol. The molecular weight excluding hydrogens is 327 g/mol. The number of amides is 1. The van der Waals surface area contributed by atoms with Gasteiger partial charge in [0.2, 0.25) is 0 Å². The first-order valence-electron chi connectivity index (χ1n) is 6.99. The van der Waals surface area contributed by atoms with Gasteiger partial charge in [0.15, 0.2) is 6.23 Å². The molecule has 0 aromatic heterocycles. The molecule has 1 amide bonds. The minimum absolute atomic E-state index is 0.140. The molecule has 2 N–H and O–H groups in total. The molecule has 0 aromatic rings. The van der Waals surface area contributed by atoms with Gasteiger partial charge in [-0.2, -0.15) is 0 Å². The van der Waals surface area contributed by atoms with E-state index >= 15 is 0 Å². The summed E-state index contributed by atoms with van der Waals surface area (Å²) < 4.78 is 34.0. The quantitative estimate of drug-likeness (QED) is 0.656. The van der Waals surface area contributed by atoms with Crippen LogP contribution in [0.1, 0.15) is 0 Å². The molecule has 3 aliphatic heterocycles. The maximum Gasteiger partial charge on any atom is 0.325 e. The van der Waals surface area contributed by atoms with E-state index in [0.29, 0.717) is 5.82 Å². The van der Waals surface area contributed by atoms with Crippen molar-refractivity contribution in [1.29, 1.82) is 0 Å². The van der Waals surface area contributed by atoms with Crippen molar-refractivity contribution in [2.75, 3.05) is 27.0 Å². The van der Waals surface area contributed by atoms with Gasteiger partial charge < -0.3 is 29.3 Å². The van der Waals surface area contributed by atoms with Gasteiger partial charge in [-0.05, 0) is 0 Å². The molecule has 0 spiro atoms. The molecule has 2 bridgehead atoms. The standard InChI is InChI=1S/C13H19N2O7P/c1-8-14-9(16)4-5-15(8)12-10-11(22-23(3,17)18)13(21-12,6-19-2)7-20-10/h4-5,10-12H,1,6-7H2,2-3H3,(H,14,16)(H,17,18)/t10?,11-,12-,13+/m1/s1. The van der Waals surface area contributed by atoms with E-state index in [1.54, 1.807) is 4.90 Å². The molecular formula is C13H19N2O7P. The maximum absolute atomic E-state index is 11.7. The van der Waals surface area contributed by atoms with Gasteiger partial charge in [0.05, 0.1) is 13.2 Å². The summed E-state index contributed by atoms with van der Waals surface area (Å²) in [5.41, 5.74) is -0.992. The van der Waals surface area contributed by atoms with Gasteiger partial charge in [0, 0.05) is 26.1 Å². The summed E-state index contributed by atoms with van der Waals surface area (Å²) in [4.78, 5) is 22.5. The number of hydrogen-bond acceptors (Lipinski definition) is 7. The second kappa shape index (κ2) is 5.70. The molecule has 2 unspecified atom stereocenters. The van der Waals surface area contributed by atoms with Crippen LogP contribution in [-0.2, 0) is 28.1 Å². The van der Waals surface area contributed by atoms with E-state index in [-0.39, 0.29) is 19.1 Å². The van der Waals surface area contributed by atoms with E-state index in [9.17, 15) is 14.3 Å². The Kier molecular flexibility index (Phi) is 4.12. The average molecular weight is 346 g/mol. The van der Waals surface area contributed by atoms with Crippen molar-refractivity contribution < 1.29 is 33.0 Å². The maximum atomic E-state index is 11.7. The number of methoxy groups -OCH3 is 1. The Morgan fingerprint density at radius 2 is 2.39 bits per heavy atom. The summed E-state index contributed by atoms with van der Waals surface area (Å²) in [5.74, 6) is 0.0387. The number of hydrogen-bond donors (Lipinski definition) is 2. The zero-order valence-corrected chi connectivity index (χ0v) is 13.7. The van der Waals surface area contributed by atoms with Crippen molar-refractivity contribution in [2.45, 2.75) is 24.0 Å². The second-order valence-corrected chi connectivity index (χ2v) is 7.59. The van der Waals surface area contributed by atoms with Crippen LogP contribution in [0.4, 0.5) is 0 Å². The lowest BCUT2D eigenvalue weighted by Gasteiger charge is -2.37. The van der Waals surface area contributed by atoms with Crippen molar-refractivity contribution in [3.8, 4) is 0 Å². The Bertz CT molecular complexity index is 603. The molecule has 10 heteroatoms. The fraction of sp³-hybridized carbons (Fsp3) is 0.615. The SMILES string of the molecule is C=C1NC(=O)C=CN1[C@@H]1O[C@@]2(COC)COC1[C@H]2OP(C)(=O)O. The van der Waals surface area contributed by atoms with Crippen LogP contribution in [0.25, 0.3) is 0 Å². The summed E-state index contributed by atoms with van der Waals surface area (Å²) in [7, 11) is -2.25. The Labute approximate surface area is 133 Å². The highest BCUT2D eigenvalue weighted by atomic mass is 31.2. The van der Waals surface area contributed by atoms with Crippen LogP contribution in [-0.4, -0.2) is 66.7 Å². The van der Waals surface area contributed by atoms with Crippen LogP contribution >= 0.6 is 7.60 Å². The van der Waals surface area contributed by atoms with Crippen molar-refractivity contribution in [3.05, 3.63) is 24.7 Å². The summed E-state index contributed by atoms with van der Waals surface area (Å²) in [6.07, 6.45) is 0.811. The van der Waals surface area contributed by atoms with Crippen LogP contribution in [0.5, 0.6) is 0 Å². The molecule has 128 valence electrons. The van der Waals surface area contributed by atoms with Gasteiger partial charge in [0.1, 0.15) is 23.6 Å². The Morgan fingerprint density at radius 1 is 1.65 bits per heavy atom. The molecule has 5 atom stereocenters. The minimum Gasteiger partial charge on any atom is -0.381 e. The first kappa shape index (κ1) is 16.6. The third-order valence-corrected chi connectivity index (χ3v) is 4.53. The number of nitrogens with zero attached hydrogens (tertiary/aromatic N) is 1. The molecule has 3 heterocycles. The van der Waals surface area contributed by atoms with Crippen molar-refractivity contribution >= 4 is 13.5 Å². The van der Waals surface area contributed by atoms with Gasteiger partial charge in [-0.3, -0.25) is 13.9 Å². The van der Waals surface area contributed by atoms with E-state index in [1.165, 1.54) is 19.4 Å². The normalized spacial score (nSPS) is 38.7. The van der Waals surface area contributed by atoms with Crippen LogP contribution < -0.4 is 5.32 Å². The topological polar surface area (TPSA) is 107 Å². The lowest BCUT2D eigenvalue weighted by molar-refractivity contribution is -0.196. The van der Waals surface area contributed by atoms with Gasteiger partial charge in [0.25, 0.3) is 5.91 Å². The molecule has 2 fully saturated rings. The van der Waals surface area contributed by atoms with E-state index in [0.717, 1.165) is 6.66 Å². The van der Waals surface area contributed by atoms with Crippen LogP contribution in [0, 0.1) is 0 Å². The number of ether oxygens (including phenoxy) is 3. The Hall–Kier alpha value is -1.22. The molecule has 2 saturated heterocycles. The number of nitrogens with one attached hydrogen (secondary N) is 1. The Morgan fingerprint density at radius 3 is 3.00 bits per heavy atom. The van der Waals surface area contributed by atoms with Gasteiger partial charge in [-0.25, -0.2) is 0 Å². The summed E-state index contributed by atoms with van der Waals surface area (Å²) >= 11 is 0. The van der Waals surface area contributed by atoms with E-state index in [2.05, 4.69) is 11.9 Å². The molecule has 3 aliphatic rings. The third kappa shape index (κ3) is 2.96. The van der Waals surface area contributed by atoms with Crippen molar-refractivity contribution in [1.82, 2.24) is 10.2 Å². The number of carbonyl (C=O) groups excluding carboxylic acids is 1. The van der Waals surface area contributed by atoms with Gasteiger partial charge in [-0.15, -0.1) is 0 Å². The molecule has 23 heavy (non-hydrogen) atoms. The summed E-state index contributed by atoms with van der Waals surface area (Å²) in [5, 5.41) is 2.57. The Balaban J connectivity index is 1.88. The number of carbonyl (C=O) groups is 1. The fourth-order valence-electron chi connectivity index (χ4n) is 3.06. The first-order valence-corrected chi connectivity index (χ1v) is 9.02. The smallest absolute Gasteiger partial charge is 0.325 e. The average Bonchev–Trinajstić information content (AvgIpc) is 2.89. The number of fused-ring (bicyclic) bond motifs is 2. The lowest BCUT2D eigenvalue weighted by atomic mass is 10.0. The van der Waals surface area contributed by atoms with Crippen LogP contribution in [0.15, 0.2) is 24.7 Å². The molecule has 9 nitrogen and oxygen atoms in total. The fourth-order valence-corrected chi connectivity index (χ4v) is 3.79. The van der Waals surface area contributed by atoms with Crippen molar-refractivity contribution in [3.63, 3.8) is 0 Å². The number of rotatable bonds is 5. The minimum atomic E-state index is -3.75. The molecule has 0 radical (unpaired) electrons. The highest BCUT2D eigenvalue weighted by molar-refractivity contribution is 7.51. The zero-order valence-electron chi connectivity index (χ0n) is 12.8. The van der Waals surface area contributed by atoms with E-state index in [4.69, 9.17) is 18.7 Å². The van der Waals surface area contributed by atoms with E-state index < -0.39 is 31.6 Å².